The van der Waals surface area contributed by atoms with Crippen molar-refractivity contribution < 1.29 is 78.0 Å². The Labute approximate surface area is 404 Å². The summed E-state index contributed by atoms with van der Waals surface area (Å²) in [6, 6.07) is 4.57. The lowest BCUT2D eigenvalue weighted by atomic mass is 9.62. The van der Waals surface area contributed by atoms with Crippen molar-refractivity contribution in [3.63, 3.8) is 0 Å². The Morgan fingerprint density at radius 3 is 2.30 bits per heavy atom. The number of hydrogen-bond acceptors (Lipinski definition) is 17. The second-order valence-electron chi connectivity index (χ2n) is 20.6. The van der Waals surface area contributed by atoms with E-state index < -0.39 is 127 Å². The zero-order valence-corrected chi connectivity index (χ0v) is 40.7. The summed E-state index contributed by atoms with van der Waals surface area (Å²) >= 11 is 0. The van der Waals surface area contributed by atoms with Gasteiger partial charge in [0.05, 0.1) is 32.4 Å². The van der Waals surface area contributed by atoms with E-state index in [1.54, 1.807) is 37.8 Å². The average Bonchev–Trinajstić information content (AvgIpc) is 4.05. The molecule has 0 spiro atoms. The van der Waals surface area contributed by atoms with Crippen LogP contribution in [0.1, 0.15) is 129 Å². The fourth-order valence-electron chi connectivity index (χ4n) is 10.9. The second-order valence-corrected chi connectivity index (χ2v) is 20.6. The van der Waals surface area contributed by atoms with Crippen LogP contribution < -0.4 is 5.32 Å². The summed E-state index contributed by atoms with van der Waals surface area (Å²) in [6.07, 6.45) is 1.39. The van der Waals surface area contributed by atoms with Crippen molar-refractivity contribution >= 4 is 29.8 Å². The molecule has 2 amide bonds. The van der Waals surface area contributed by atoms with Gasteiger partial charge in [-0.3, -0.25) is 24.0 Å². The first-order chi connectivity index (χ1) is 33.0. The number of esters is 2. The number of amides is 2. The normalized spacial score (nSPS) is 33.3. The van der Waals surface area contributed by atoms with Gasteiger partial charge in [0, 0.05) is 32.2 Å². The molecule has 1 aliphatic carbocycles. The van der Waals surface area contributed by atoms with E-state index in [4.69, 9.17) is 33.3 Å². The molecule has 1 aromatic carbocycles. The highest BCUT2D eigenvalue weighted by atomic mass is 16.8. The summed E-state index contributed by atoms with van der Waals surface area (Å²) in [4.78, 5) is 65.2. The highest BCUT2D eigenvalue weighted by Crippen LogP contribution is 2.59. The summed E-state index contributed by atoms with van der Waals surface area (Å²) in [5, 5.41) is 54.6. The Morgan fingerprint density at radius 1 is 0.957 bits per heavy atom. The Morgan fingerprint density at radius 2 is 1.65 bits per heavy atom. The first-order valence-electron chi connectivity index (χ1n) is 25.1. The molecule has 6 aliphatic rings. The van der Waals surface area contributed by atoms with E-state index in [1.165, 1.54) is 5.06 Å². The first-order valence-corrected chi connectivity index (χ1v) is 25.1. The molecule has 5 saturated heterocycles. The van der Waals surface area contributed by atoms with Gasteiger partial charge in [0.1, 0.15) is 65.9 Å². The van der Waals surface area contributed by atoms with E-state index in [0.29, 0.717) is 25.7 Å². The standard InChI is InChI=1S/C50H75N3O16/c1-6-8-10-22-49(23-11-9-7-2)67-40-34-26-50(47(62)52-24-12-15-33(52)44(60)51-32(28-54)20-21-36(56)66-48(3,4)5)42(45(61)64-34)53(69-43(50)41(40)68-49)27-31-18-16-30(17-19-31)14-13-25-63-46-39(59)38(58)37(57)35(29-55)65-46/h13-14,16-19,32-35,37-43,46,54-55,57-59H,6-12,15,20-29H2,1-5H3,(H,51,60)/t32-,33+,34+,35+,37-,38-,39+,40-,41-,42-,43+,46-,50-/m0/s1. The topological polar surface area (TPSA) is 253 Å². The largest absolute Gasteiger partial charge is 0.460 e. The van der Waals surface area contributed by atoms with Crippen LogP contribution in [0.4, 0.5) is 0 Å². The van der Waals surface area contributed by atoms with Gasteiger partial charge in [0.2, 0.25) is 11.8 Å². The third kappa shape index (κ3) is 11.7. The number of rotatable bonds is 22. The minimum atomic E-state index is -1.55. The van der Waals surface area contributed by atoms with Crippen molar-refractivity contribution in [1.29, 1.82) is 0 Å². The predicted octanol–water partition coefficient (Wildman–Crippen LogP) is 2.55. The molecule has 5 heterocycles. The molecule has 6 fully saturated rings. The molecule has 7 rings (SSSR count). The van der Waals surface area contributed by atoms with E-state index in [9.17, 15) is 39.9 Å². The van der Waals surface area contributed by atoms with Crippen LogP contribution in [0, 0.1) is 5.41 Å². The van der Waals surface area contributed by atoms with Crippen LogP contribution >= 0.6 is 0 Å². The summed E-state index contributed by atoms with van der Waals surface area (Å²) in [5.74, 6) is -2.91. The van der Waals surface area contributed by atoms with Gasteiger partial charge in [-0.2, -0.15) is 5.06 Å². The number of nitrogens with zero attached hydrogens (tertiary/aromatic N) is 2. The minimum absolute atomic E-state index is 0.0174. The SMILES string of the molecule is CCCCCC1(CCCCC)O[C@@H]2[C@H](O1)[C@H]1ON(Cc3ccc(C=CCO[C@H]4O[C@H](CO)[C@H](O)[C@H](O)[C@H]4O)cc3)[C@H]3C(=O)O[C@@H]2C[C@@]13C(=O)N1CCC[C@@H]1C(=O)N[C@H](CO)CCC(=O)OC(C)(C)C. The number of carbonyl (C=O) groups is 4. The van der Waals surface area contributed by atoms with E-state index >= 15 is 4.79 Å². The molecule has 13 atom stereocenters. The predicted molar refractivity (Wildman–Crippen MR) is 246 cm³/mol. The molecular weight excluding hydrogens is 899 g/mol. The number of hydroxylamine groups is 2. The number of ether oxygens (including phenoxy) is 6. The zero-order valence-electron chi connectivity index (χ0n) is 40.7. The van der Waals surface area contributed by atoms with Crippen LogP contribution in [0.2, 0.25) is 0 Å². The van der Waals surface area contributed by atoms with E-state index in [2.05, 4.69) is 19.2 Å². The zero-order chi connectivity index (χ0) is 49.7. The third-order valence-electron chi connectivity index (χ3n) is 14.3. The highest BCUT2D eigenvalue weighted by molar-refractivity contribution is 5.96. The van der Waals surface area contributed by atoms with Crippen LogP contribution in [0.3, 0.4) is 0 Å². The summed E-state index contributed by atoms with van der Waals surface area (Å²) in [7, 11) is 0. The maximum absolute atomic E-state index is 15.6. The molecule has 0 aromatic heterocycles. The maximum Gasteiger partial charge on any atom is 0.327 e. The van der Waals surface area contributed by atoms with Crippen molar-refractivity contribution in [3.8, 4) is 0 Å². The lowest BCUT2D eigenvalue weighted by Crippen LogP contribution is -2.70. The number of nitrogens with one attached hydrogen (secondary N) is 1. The fourth-order valence-corrected chi connectivity index (χ4v) is 10.9. The van der Waals surface area contributed by atoms with Gasteiger partial charge >= 0.3 is 11.9 Å². The number of carbonyl (C=O) groups excluding carboxylic acids is 4. The highest BCUT2D eigenvalue weighted by Gasteiger charge is 2.77. The van der Waals surface area contributed by atoms with Crippen molar-refractivity contribution in [2.24, 2.45) is 5.41 Å². The summed E-state index contributed by atoms with van der Waals surface area (Å²) in [5.41, 5.74) is -0.650. The number of unbranched alkanes of at least 4 members (excludes halogenated alkanes) is 4. The van der Waals surface area contributed by atoms with Gasteiger partial charge in [-0.15, -0.1) is 0 Å². The molecule has 5 aliphatic heterocycles. The molecule has 19 nitrogen and oxygen atoms in total. The molecule has 69 heavy (non-hydrogen) atoms. The minimum Gasteiger partial charge on any atom is -0.460 e. The number of aliphatic hydroxyl groups is 5. The van der Waals surface area contributed by atoms with Crippen LogP contribution in [0.15, 0.2) is 30.3 Å². The van der Waals surface area contributed by atoms with Crippen LogP contribution in [-0.4, -0.2) is 170 Å². The molecular formula is C50H75N3O16. The number of hydrogen-bond donors (Lipinski definition) is 6. The van der Waals surface area contributed by atoms with Gasteiger partial charge in [0.15, 0.2) is 18.1 Å². The molecule has 386 valence electrons. The molecule has 0 radical (unpaired) electrons. The molecule has 6 N–H and O–H groups in total. The van der Waals surface area contributed by atoms with Crippen LogP contribution in [0.25, 0.3) is 6.08 Å². The van der Waals surface area contributed by atoms with Gasteiger partial charge in [-0.05, 0) is 64.0 Å². The number of aliphatic hydroxyl groups excluding tert-OH is 5. The number of benzene rings is 1. The average molecular weight is 974 g/mol. The fraction of sp³-hybridized carbons (Fsp3) is 0.760. The van der Waals surface area contributed by atoms with E-state index in [0.717, 1.165) is 49.7 Å². The quantitative estimate of drug-likeness (QED) is 0.0722. The van der Waals surface area contributed by atoms with Crippen molar-refractivity contribution in [1.82, 2.24) is 15.3 Å². The first kappa shape index (κ1) is 53.2. The Bertz CT molecular complexity index is 1930. The monoisotopic (exact) mass is 974 g/mol. The maximum atomic E-state index is 15.6. The molecule has 0 unspecified atom stereocenters. The van der Waals surface area contributed by atoms with Gasteiger partial charge < -0.3 is 64.2 Å². The van der Waals surface area contributed by atoms with E-state index in [1.807, 2.05) is 24.3 Å². The van der Waals surface area contributed by atoms with Crippen LogP contribution in [0.5, 0.6) is 0 Å². The molecule has 1 saturated carbocycles. The van der Waals surface area contributed by atoms with Crippen molar-refractivity contribution in [3.05, 3.63) is 41.5 Å². The number of likely N-dealkylation sites (tertiary alicyclic amines) is 1. The number of fused-ring (bicyclic) bond motifs is 4. The molecule has 2 bridgehead atoms. The molecule has 19 heteroatoms. The third-order valence-corrected chi connectivity index (χ3v) is 14.3. The summed E-state index contributed by atoms with van der Waals surface area (Å²) in [6.45, 7) is 8.90. The van der Waals surface area contributed by atoms with Gasteiger partial charge in [-0.1, -0.05) is 75.9 Å². The van der Waals surface area contributed by atoms with Gasteiger partial charge in [0.25, 0.3) is 0 Å². The van der Waals surface area contributed by atoms with Crippen LogP contribution in [-0.2, 0) is 59.0 Å². The van der Waals surface area contributed by atoms with E-state index in [-0.39, 0.29) is 39.0 Å². The Kier molecular flexibility index (Phi) is 17.6. The van der Waals surface area contributed by atoms with Crippen molar-refractivity contribution in [2.45, 2.75) is 209 Å². The summed E-state index contributed by atoms with van der Waals surface area (Å²) < 4.78 is 36.7. The lowest BCUT2D eigenvalue weighted by Gasteiger charge is -2.50. The second kappa shape index (κ2) is 22.9. The Hall–Kier alpha value is -3.60. The van der Waals surface area contributed by atoms with Crippen molar-refractivity contribution in [2.75, 3.05) is 26.4 Å². The van der Waals surface area contributed by atoms with Gasteiger partial charge in [-0.25, -0.2) is 0 Å². The molecule has 1 aromatic rings. The lowest BCUT2D eigenvalue weighted by molar-refractivity contribution is -0.298. The smallest absolute Gasteiger partial charge is 0.327 e. The Balaban J connectivity index is 1.11.